The molecule has 0 bridgehead atoms. The highest BCUT2D eigenvalue weighted by atomic mass is 127. The molecule has 0 saturated carbocycles. The van der Waals surface area contributed by atoms with Gasteiger partial charge in [0, 0.05) is 22.6 Å². The molecular formula is C5HF8IO. The molecular weight excluding hydrogens is 355 g/mol. The van der Waals surface area contributed by atoms with E-state index in [1.54, 1.807) is 0 Å². The molecule has 0 aromatic heterocycles. The molecule has 0 saturated heterocycles. The van der Waals surface area contributed by atoms with E-state index in [4.69, 9.17) is 0 Å². The summed E-state index contributed by atoms with van der Waals surface area (Å²) in [7, 11) is 0. The molecule has 0 aromatic carbocycles. The van der Waals surface area contributed by atoms with E-state index in [1.165, 1.54) is 0 Å². The predicted molar refractivity (Wildman–Crippen MR) is 39.9 cm³/mol. The highest BCUT2D eigenvalue weighted by Crippen LogP contribution is 2.49. The first-order valence-electron chi connectivity index (χ1n) is 3.00. The van der Waals surface area contributed by atoms with Crippen LogP contribution in [0.25, 0.3) is 0 Å². The first kappa shape index (κ1) is 14.8. The van der Waals surface area contributed by atoms with E-state index in [0.29, 0.717) is 0 Å². The summed E-state index contributed by atoms with van der Waals surface area (Å²) in [5.41, 5.74) is 0. The van der Waals surface area contributed by atoms with Crippen LogP contribution in [0.3, 0.4) is 0 Å². The van der Waals surface area contributed by atoms with E-state index in [2.05, 4.69) is 0 Å². The maximum absolute atomic E-state index is 12.3. The highest BCUT2D eigenvalue weighted by Gasteiger charge is 2.77. The maximum atomic E-state index is 12.3. The number of carbonyl (C=O) groups excluding carboxylic acids is 1. The van der Waals surface area contributed by atoms with Crippen LogP contribution in [0.2, 0.25) is 0 Å². The van der Waals surface area contributed by atoms with Gasteiger partial charge in [0.2, 0.25) is 0 Å². The third-order valence-electron chi connectivity index (χ3n) is 1.33. The van der Waals surface area contributed by atoms with Crippen molar-refractivity contribution in [1.82, 2.24) is 0 Å². The Morgan fingerprint density at radius 3 is 1.53 bits per heavy atom. The topological polar surface area (TPSA) is 17.1 Å². The van der Waals surface area contributed by atoms with E-state index < -0.39 is 28.0 Å². The number of halogens is 9. The van der Waals surface area contributed by atoms with Crippen molar-refractivity contribution in [3.05, 3.63) is 0 Å². The minimum Gasteiger partial charge on any atom is -0.281 e. The van der Waals surface area contributed by atoms with Crippen molar-refractivity contribution in [3.8, 4) is 0 Å². The smallest absolute Gasteiger partial charge is 0.281 e. The van der Waals surface area contributed by atoms with Crippen LogP contribution in [0, 0.1) is 0 Å². The molecule has 0 aliphatic rings. The molecule has 10 heteroatoms. The Kier molecular flexibility index (Phi) is 3.97. The Labute approximate surface area is 90.9 Å². The lowest BCUT2D eigenvalue weighted by molar-refractivity contribution is -0.324. The largest absolute Gasteiger partial charge is 0.386 e. The quantitative estimate of drug-likeness (QED) is 0.430. The van der Waals surface area contributed by atoms with Gasteiger partial charge in [-0.15, -0.1) is 0 Å². The zero-order valence-corrected chi connectivity index (χ0v) is 8.54. The summed E-state index contributed by atoms with van der Waals surface area (Å²) < 4.78 is 93.4. The summed E-state index contributed by atoms with van der Waals surface area (Å²) in [6.07, 6.45) is -5.01. The van der Waals surface area contributed by atoms with Crippen molar-refractivity contribution < 1.29 is 39.9 Å². The maximum Gasteiger partial charge on any atom is 0.386 e. The predicted octanol–water partition coefficient (Wildman–Crippen LogP) is 3.12. The Balaban J connectivity index is 5.40. The molecule has 0 atom stereocenters. The van der Waals surface area contributed by atoms with Crippen molar-refractivity contribution >= 4 is 26.4 Å². The van der Waals surface area contributed by atoms with Crippen molar-refractivity contribution in [2.75, 3.05) is 0 Å². The Morgan fingerprint density at radius 2 is 1.33 bits per heavy atom. The van der Waals surface area contributed by atoms with E-state index in [-0.39, 0.29) is 22.6 Å². The van der Waals surface area contributed by atoms with Gasteiger partial charge in [0.15, 0.2) is 0 Å². The van der Waals surface area contributed by atoms with Crippen molar-refractivity contribution in [1.29, 1.82) is 0 Å². The SMILES string of the molecule is O=C(I)C(F)(F)C(F)(F)C(F)(F)C(F)F. The second-order valence-electron chi connectivity index (χ2n) is 2.35. The third-order valence-corrected chi connectivity index (χ3v) is 2.01. The Bertz CT molecular complexity index is 262. The zero-order valence-electron chi connectivity index (χ0n) is 6.39. The van der Waals surface area contributed by atoms with Crippen molar-refractivity contribution in [2.24, 2.45) is 0 Å². The number of alkyl halides is 8. The molecule has 0 spiro atoms. The normalized spacial score (nSPS) is 14.5. The monoisotopic (exact) mass is 356 g/mol. The van der Waals surface area contributed by atoms with Crippen molar-refractivity contribution in [3.63, 3.8) is 0 Å². The molecule has 0 rings (SSSR count). The molecule has 0 amide bonds. The first-order chi connectivity index (χ1) is 6.39. The molecule has 1 nitrogen and oxygen atoms in total. The summed E-state index contributed by atoms with van der Waals surface area (Å²) in [5, 5.41) is 0. The van der Waals surface area contributed by atoms with Gasteiger partial charge in [0.05, 0.1) is 0 Å². The molecule has 90 valence electrons. The minimum absolute atomic E-state index is 0.127. The van der Waals surface area contributed by atoms with Gasteiger partial charge in [0.1, 0.15) is 0 Å². The average molecular weight is 356 g/mol. The lowest BCUT2D eigenvalue weighted by Crippen LogP contribution is -2.59. The lowest BCUT2D eigenvalue weighted by atomic mass is 10.1. The fourth-order valence-electron chi connectivity index (χ4n) is 0.470. The summed E-state index contributed by atoms with van der Waals surface area (Å²) in [5.74, 6) is -18.6. The Morgan fingerprint density at radius 1 is 1.00 bits per heavy atom. The lowest BCUT2D eigenvalue weighted by Gasteiger charge is -2.29. The Hall–Kier alpha value is -0.160. The molecule has 0 aliphatic heterocycles. The van der Waals surface area contributed by atoms with E-state index in [0.717, 1.165) is 0 Å². The third kappa shape index (κ3) is 2.18. The van der Waals surface area contributed by atoms with Crippen LogP contribution in [-0.2, 0) is 4.79 Å². The number of hydrogen-bond acceptors (Lipinski definition) is 1. The van der Waals surface area contributed by atoms with Crippen LogP contribution < -0.4 is 0 Å². The first-order valence-corrected chi connectivity index (χ1v) is 4.08. The van der Waals surface area contributed by atoms with Crippen LogP contribution >= 0.6 is 22.6 Å². The fraction of sp³-hybridized carbons (Fsp3) is 0.800. The van der Waals surface area contributed by atoms with Gasteiger partial charge in [0.25, 0.3) is 3.79 Å². The zero-order chi connectivity index (χ0) is 12.7. The number of rotatable bonds is 4. The van der Waals surface area contributed by atoms with Gasteiger partial charge in [-0.2, -0.15) is 26.3 Å². The molecule has 0 aromatic rings. The van der Waals surface area contributed by atoms with Crippen LogP contribution in [0.1, 0.15) is 0 Å². The van der Waals surface area contributed by atoms with Gasteiger partial charge < -0.3 is 0 Å². The van der Waals surface area contributed by atoms with Crippen LogP contribution in [0.15, 0.2) is 0 Å². The average Bonchev–Trinajstić information content (AvgIpc) is 2.02. The van der Waals surface area contributed by atoms with Gasteiger partial charge in [-0.3, -0.25) is 4.79 Å². The molecule has 0 fully saturated rings. The molecule has 15 heavy (non-hydrogen) atoms. The molecule has 0 N–H and O–H groups in total. The van der Waals surface area contributed by atoms with E-state index in [1.807, 2.05) is 0 Å². The highest BCUT2D eigenvalue weighted by molar-refractivity contribution is 14.1. The van der Waals surface area contributed by atoms with Gasteiger partial charge >= 0.3 is 24.2 Å². The second kappa shape index (κ2) is 4.01. The molecule has 0 unspecified atom stereocenters. The van der Waals surface area contributed by atoms with Gasteiger partial charge in [-0.1, -0.05) is 0 Å². The molecule has 0 aliphatic carbocycles. The van der Waals surface area contributed by atoms with Gasteiger partial charge in [-0.05, 0) is 0 Å². The molecule has 0 heterocycles. The summed E-state index contributed by atoms with van der Waals surface area (Å²) in [6.45, 7) is 0. The van der Waals surface area contributed by atoms with Crippen LogP contribution in [0.4, 0.5) is 35.1 Å². The summed E-state index contributed by atoms with van der Waals surface area (Å²) >= 11 is 0.127. The second-order valence-corrected chi connectivity index (χ2v) is 3.33. The number of hydrogen-bond donors (Lipinski definition) is 0. The molecule has 0 radical (unpaired) electrons. The van der Waals surface area contributed by atoms with Crippen molar-refractivity contribution in [2.45, 2.75) is 24.2 Å². The number of carbonyl (C=O) groups is 1. The van der Waals surface area contributed by atoms with Gasteiger partial charge in [-0.25, -0.2) is 8.78 Å². The summed E-state index contributed by atoms with van der Waals surface area (Å²) in [4.78, 5) is 9.96. The van der Waals surface area contributed by atoms with E-state index in [9.17, 15) is 39.9 Å². The minimum atomic E-state index is -6.44. The standard InChI is InChI=1S/C5HF8IO/c6-1(7)3(8,9)5(12,13)4(10,11)2(14)15/h1H. The fourth-order valence-corrected chi connectivity index (χ4v) is 0.808. The summed E-state index contributed by atoms with van der Waals surface area (Å²) in [6, 6.07) is 0. The van der Waals surface area contributed by atoms with E-state index >= 15 is 0 Å². The van der Waals surface area contributed by atoms with Crippen LogP contribution in [0.5, 0.6) is 0 Å². The van der Waals surface area contributed by atoms with Crippen LogP contribution in [-0.4, -0.2) is 28.0 Å².